The van der Waals surface area contributed by atoms with E-state index in [9.17, 15) is 0 Å². The quantitative estimate of drug-likeness (QED) is 0.864. The van der Waals surface area contributed by atoms with Gasteiger partial charge in [0.2, 0.25) is 0 Å². The Morgan fingerprint density at radius 2 is 2.41 bits per heavy atom. The van der Waals surface area contributed by atoms with E-state index in [0.29, 0.717) is 18.1 Å². The Hall–Kier alpha value is -1.13. The van der Waals surface area contributed by atoms with Crippen molar-refractivity contribution in [3.63, 3.8) is 0 Å². The van der Waals surface area contributed by atoms with Gasteiger partial charge in [0.1, 0.15) is 5.75 Å². The highest BCUT2D eigenvalue weighted by molar-refractivity contribution is 5.30. The van der Waals surface area contributed by atoms with Crippen molar-refractivity contribution in [1.29, 1.82) is 0 Å². The molecule has 2 fully saturated rings. The first-order valence-corrected chi connectivity index (χ1v) is 6.19. The number of ether oxygens (including phenoxy) is 2. The maximum absolute atomic E-state index is 6.34. The molecule has 3 rings (SSSR count). The molecule has 92 valence electrons. The van der Waals surface area contributed by atoms with Crippen LogP contribution in [0.15, 0.2) is 18.3 Å². The van der Waals surface area contributed by atoms with Crippen LogP contribution in [0.2, 0.25) is 0 Å². The van der Waals surface area contributed by atoms with Crippen molar-refractivity contribution in [2.24, 2.45) is 11.7 Å². The van der Waals surface area contributed by atoms with Crippen molar-refractivity contribution in [3.05, 3.63) is 24.0 Å². The van der Waals surface area contributed by atoms with Gasteiger partial charge in [-0.25, -0.2) is 0 Å². The van der Waals surface area contributed by atoms with Gasteiger partial charge in [-0.3, -0.25) is 4.98 Å². The molecule has 17 heavy (non-hydrogen) atoms. The maximum Gasteiger partial charge on any atom is 0.141 e. The third kappa shape index (κ3) is 1.81. The van der Waals surface area contributed by atoms with Gasteiger partial charge in [-0.15, -0.1) is 0 Å². The fourth-order valence-corrected chi connectivity index (χ4v) is 3.08. The molecule has 0 amide bonds. The second-order valence-electron chi connectivity index (χ2n) is 4.89. The number of nitrogens with zero attached hydrogens (tertiary/aromatic N) is 1. The first-order valence-electron chi connectivity index (χ1n) is 6.19. The zero-order valence-corrected chi connectivity index (χ0v) is 10.0. The SMILES string of the molecule is COc1cccnc1C(N)C1CC2CCC1O2. The highest BCUT2D eigenvalue weighted by Gasteiger charge is 2.44. The van der Waals surface area contributed by atoms with Crippen molar-refractivity contribution >= 4 is 0 Å². The van der Waals surface area contributed by atoms with E-state index in [4.69, 9.17) is 15.2 Å². The largest absolute Gasteiger partial charge is 0.495 e. The molecule has 2 bridgehead atoms. The van der Waals surface area contributed by atoms with E-state index in [-0.39, 0.29) is 6.04 Å². The highest BCUT2D eigenvalue weighted by atomic mass is 16.5. The molecule has 1 aromatic rings. The summed E-state index contributed by atoms with van der Waals surface area (Å²) in [6.45, 7) is 0. The molecule has 4 nitrogen and oxygen atoms in total. The molecule has 4 atom stereocenters. The summed E-state index contributed by atoms with van der Waals surface area (Å²) in [5.74, 6) is 1.17. The number of nitrogens with two attached hydrogens (primary N) is 1. The molecule has 4 heteroatoms. The molecule has 2 aliphatic heterocycles. The number of hydrogen-bond acceptors (Lipinski definition) is 4. The van der Waals surface area contributed by atoms with Crippen LogP contribution in [0, 0.1) is 5.92 Å². The fourth-order valence-electron chi connectivity index (χ4n) is 3.08. The lowest BCUT2D eigenvalue weighted by Crippen LogP contribution is -2.30. The normalized spacial score (nSPS) is 32.7. The minimum Gasteiger partial charge on any atom is -0.495 e. The summed E-state index contributed by atoms with van der Waals surface area (Å²) in [7, 11) is 1.66. The summed E-state index contributed by atoms with van der Waals surface area (Å²) in [6.07, 6.45) is 5.90. The van der Waals surface area contributed by atoms with Gasteiger partial charge in [0.25, 0.3) is 0 Å². The van der Waals surface area contributed by atoms with Crippen LogP contribution in [0.1, 0.15) is 31.0 Å². The molecular formula is C13H18N2O2. The monoisotopic (exact) mass is 234 g/mol. The minimum absolute atomic E-state index is 0.0820. The van der Waals surface area contributed by atoms with Crippen molar-refractivity contribution in [3.8, 4) is 5.75 Å². The number of fused-ring (bicyclic) bond motifs is 2. The Kier molecular flexibility index (Phi) is 2.76. The molecule has 0 radical (unpaired) electrons. The third-order valence-electron chi connectivity index (χ3n) is 3.95. The topological polar surface area (TPSA) is 57.4 Å². The molecule has 0 saturated carbocycles. The number of hydrogen-bond donors (Lipinski definition) is 1. The number of rotatable bonds is 3. The smallest absolute Gasteiger partial charge is 0.141 e. The van der Waals surface area contributed by atoms with E-state index in [2.05, 4.69) is 4.98 Å². The van der Waals surface area contributed by atoms with E-state index >= 15 is 0 Å². The predicted octanol–water partition coefficient (Wildman–Crippen LogP) is 1.66. The average molecular weight is 234 g/mol. The van der Waals surface area contributed by atoms with Crippen LogP contribution in [-0.4, -0.2) is 24.3 Å². The van der Waals surface area contributed by atoms with Crippen LogP contribution < -0.4 is 10.5 Å². The van der Waals surface area contributed by atoms with Gasteiger partial charge in [0.15, 0.2) is 0 Å². The Labute approximate surface area is 101 Å². The highest BCUT2D eigenvalue weighted by Crippen LogP contribution is 2.44. The van der Waals surface area contributed by atoms with Crippen LogP contribution in [0.4, 0.5) is 0 Å². The summed E-state index contributed by atoms with van der Waals surface area (Å²) in [5, 5.41) is 0. The molecule has 3 heterocycles. The molecule has 1 aromatic heterocycles. The lowest BCUT2D eigenvalue weighted by Gasteiger charge is -2.25. The second kappa shape index (κ2) is 4.27. The molecule has 2 N–H and O–H groups in total. The van der Waals surface area contributed by atoms with Gasteiger partial charge >= 0.3 is 0 Å². The van der Waals surface area contributed by atoms with Gasteiger partial charge in [0.05, 0.1) is 31.1 Å². The van der Waals surface area contributed by atoms with E-state index in [1.807, 2.05) is 12.1 Å². The molecule has 0 spiro atoms. The molecule has 4 unspecified atom stereocenters. The number of methoxy groups -OCH3 is 1. The van der Waals surface area contributed by atoms with Crippen LogP contribution in [0.3, 0.4) is 0 Å². The maximum atomic E-state index is 6.34. The lowest BCUT2D eigenvalue weighted by molar-refractivity contribution is 0.0880. The Bertz CT molecular complexity index is 410. The lowest BCUT2D eigenvalue weighted by atomic mass is 9.82. The van der Waals surface area contributed by atoms with E-state index < -0.39 is 0 Å². The third-order valence-corrected chi connectivity index (χ3v) is 3.95. The first-order chi connectivity index (χ1) is 8.29. The van der Waals surface area contributed by atoms with Crippen LogP contribution >= 0.6 is 0 Å². The zero-order valence-electron chi connectivity index (χ0n) is 10.0. The van der Waals surface area contributed by atoms with E-state index in [0.717, 1.165) is 24.3 Å². The van der Waals surface area contributed by atoms with Gasteiger partial charge in [-0.2, -0.15) is 0 Å². The molecule has 0 aliphatic carbocycles. The van der Waals surface area contributed by atoms with Gasteiger partial charge in [-0.1, -0.05) is 0 Å². The Balaban J connectivity index is 1.84. The van der Waals surface area contributed by atoms with Crippen LogP contribution in [-0.2, 0) is 4.74 Å². The molecule has 2 saturated heterocycles. The second-order valence-corrected chi connectivity index (χ2v) is 4.89. The van der Waals surface area contributed by atoms with Gasteiger partial charge in [-0.05, 0) is 31.4 Å². The molecular weight excluding hydrogens is 216 g/mol. The number of pyridine rings is 1. The molecule has 2 aliphatic rings. The van der Waals surface area contributed by atoms with Gasteiger partial charge < -0.3 is 15.2 Å². The summed E-state index contributed by atoms with van der Waals surface area (Å²) in [5.41, 5.74) is 7.20. The summed E-state index contributed by atoms with van der Waals surface area (Å²) >= 11 is 0. The van der Waals surface area contributed by atoms with E-state index in [1.54, 1.807) is 13.3 Å². The van der Waals surface area contributed by atoms with Crippen molar-refractivity contribution < 1.29 is 9.47 Å². The van der Waals surface area contributed by atoms with E-state index in [1.165, 1.54) is 6.42 Å². The van der Waals surface area contributed by atoms with Crippen molar-refractivity contribution in [2.75, 3.05) is 7.11 Å². The van der Waals surface area contributed by atoms with Crippen molar-refractivity contribution in [1.82, 2.24) is 4.98 Å². The fraction of sp³-hybridized carbons (Fsp3) is 0.615. The zero-order chi connectivity index (χ0) is 11.8. The summed E-state index contributed by atoms with van der Waals surface area (Å²) in [6, 6.07) is 3.70. The van der Waals surface area contributed by atoms with Crippen molar-refractivity contribution in [2.45, 2.75) is 37.5 Å². The Morgan fingerprint density at radius 3 is 3.06 bits per heavy atom. The van der Waals surface area contributed by atoms with Crippen LogP contribution in [0.5, 0.6) is 5.75 Å². The standard InChI is InChI=1S/C13H18N2O2/c1-16-11-3-2-6-15-13(11)12(14)9-7-8-4-5-10(9)17-8/h2-3,6,8-10,12H,4-5,7,14H2,1H3. The predicted molar refractivity (Wildman–Crippen MR) is 63.7 cm³/mol. The Morgan fingerprint density at radius 1 is 1.53 bits per heavy atom. The van der Waals surface area contributed by atoms with Crippen LogP contribution in [0.25, 0.3) is 0 Å². The number of aromatic nitrogens is 1. The molecule has 0 aromatic carbocycles. The average Bonchev–Trinajstić information content (AvgIpc) is 3.00. The summed E-state index contributed by atoms with van der Waals surface area (Å²) in [4.78, 5) is 4.37. The minimum atomic E-state index is -0.0820. The first kappa shape index (κ1) is 11.0. The van der Waals surface area contributed by atoms with Gasteiger partial charge in [0, 0.05) is 12.1 Å². The summed E-state index contributed by atoms with van der Waals surface area (Å²) < 4.78 is 11.2.